The maximum absolute atomic E-state index is 12.6. The molecule has 0 aliphatic heterocycles. The molecule has 10 heteroatoms. The van der Waals surface area contributed by atoms with Crippen LogP contribution in [0, 0.1) is 0 Å². The van der Waals surface area contributed by atoms with Crippen molar-refractivity contribution in [3.8, 4) is 5.75 Å². The Morgan fingerprint density at radius 3 is 1.82 bits per heavy atom. The SMILES string of the molecule is COC(=O)COC(=O)[C@H](Cc1ccc(OC(=O)COCc2ccccc2)cc1)NC(=O)COCc1ccccc1. The molecule has 0 saturated heterocycles. The van der Waals surface area contributed by atoms with Crippen molar-refractivity contribution in [3.63, 3.8) is 0 Å². The molecule has 0 aromatic heterocycles. The average molecular weight is 550 g/mol. The molecule has 1 amide bonds. The molecule has 3 rings (SSSR count). The third kappa shape index (κ3) is 11.1. The first-order valence-corrected chi connectivity index (χ1v) is 12.5. The van der Waals surface area contributed by atoms with Gasteiger partial charge in [0.25, 0.3) is 0 Å². The van der Waals surface area contributed by atoms with Gasteiger partial charge >= 0.3 is 17.9 Å². The van der Waals surface area contributed by atoms with Crippen molar-refractivity contribution in [3.05, 3.63) is 102 Å². The number of carbonyl (C=O) groups is 4. The number of carbonyl (C=O) groups excluding carboxylic acids is 4. The van der Waals surface area contributed by atoms with Gasteiger partial charge in [0.2, 0.25) is 5.91 Å². The fourth-order valence-corrected chi connectivity index (χ4v) is 3.47. The summed E-state index contributed by atoms with van der Waals surface area (Å²) in [5, 5.41) is 2.58. The summed E-state index contributed by atoms with van der Waals surface area (Å²) in [6, 6.07) is 24.1. The second kappa shape index (κ2) is 16.4. The van der Waals surface area contributed by atoms with E-state index in [2.05, 4.69) is 10.1 Å². The lowest BCUT2D eigenvalue weighted by Crippen LogP contribution is -2.45. The van der Waals surface area contributed by atoms with Gasteiger partial charge in [0.05, 0.1) is 20.3 Å². The van der Waals surface area contributed by atoms with E-state index in [0.29, 0.717) is 11.3 Å². The van der Waals surface area contributed by atoms with Crippen LogP contribution in [0.3, 0.4) is 0 Å². The van der Waals surface area contributed by atoms with Gasteiger partial charge in [-0.3, -0.25) is 4.79 Å². The molecule has 0 saturated carbocycles. The summed E-state index contributed by atoms with van der Waals surface area (Å²) in [4.78, 5) is 48.6. The van der Waals surface area contributed by atoms with Crippen LogP contribution in [-0.2, 0) is 57.8 Å². The van der Waals surface area contributed by atoms with Crippen LogP contribution >= 0.6 is 0 Å². The number of benzene rings is 3. The summed E-state index contributed by atoms with van der Waals surface area (Å²) in [6.07, 6.45) is 0.0544. The van der Waals surface area contributed by atoms with Crippen LogP contribution in [0.25, 0.3) is 0 Å². The van der Waals surface area contributed by atoms with Crippen LogP contribution in [0.4, 0.5) is 0 Å². The summed E-state index contributed by atoms with van der Waals surface area (Å²) in [7, 11) is 1.17. The van der Waals surface area contributed by atoms with E-state index >= 15 is 0 Å². The molecular formula is C30H31NO9. The molecule has 10 nitrogen and oxygen atoms in total. The highest BCUT2D eigenvalue weighted by Crippen LogP contribution is 2.15. The normalized spacial score (nSPS) is 11.2. The minimum Gasteiger partial charge on any atom is -0.466 e. The van der Waals surface area contributed by atoms with Crippen molar-refractivity contribution in [2.45, 2.75) is 25.7 Å². The van der Waals surface area contributed by atoms with Crippen LogP contribution in [0.1, 0.15) is 16.7 Å². The van der Waals surface area contributed by atoms with Gasteiger partial charge in [0.15, 0.2) is 6.61 Å². The van der Waals surface area contributed by atoms with E-state index < -0.39 is 36.5 Å². The summed E-state index contributed by atoms with van der Waals surface area (Å²) in [5.41, 5.74) is 2.48. The van der Waals surface area contributed by atoms with Crippen molar-refractivity contribution in [2.75, 3.05) is 26.9 Å². The van der Waals surface area contributed by atoms with Crippen LogP contribution in [0.2, 0.25) is 0 Å². The lowest BCUT2D eigenvalue weighted by molar-refractivity contribution is -0.158. The third-order valence-corrected chi connectivity index (χ3v) is 5.45. The van der Waals surface area contributed by atoms with Crippen molar-refractivity contribution in [2.24, 2.45) is 0 Å². The summed E-state index contributed by atoms with van der Waals surface area (Å²) >= 11 is 0. The van der Waals surface area contributed by atoms with Gasteiger partial charge in [0.1, 0.15) is 25.0 Å². The zero-order valence-corrected chi connectivity index (χ0v) is 22.1. The lowest BCUT2D eigenvalue weighted by Gasteiger charge is -2.18. The molecule has 3 aromatic carbocycles. The highest BCUT2D eigenvalue weighted by Gasteiger charge is 2.24. The smallest absolute Gasteiger partial charge is 0.344 e. The predicted molar refractivity (Wildman–Crippen MR) is 143 cm³/mol. The van der Waals surface area contributed by atoms with Gasteiger partial charge in [-0.1, -0.05) is 72.8 Å². The highest BCUT2D eigenvalue weighted by molar-refractivity contribution is 5.86. The van der Waals surface area contributed by atoms with Crippen LogP contribution in [0.15, 0.2) is 84.9 Å². The molecular weight excluding hydrogens is 518 g/mol. The average Bonchev–Trinajstić information content (AvgIpc) is 2.97. The van der Waals surface area contributed by atoms with Gasteiger partial charge < -0.3 is 29.0 Å². The number of rotatable bonds is 15. The number of amides is 1. The summed E-state index contributed by atoms with van der Waals surface area (Å²) in [5.74, 6) is -2.34. The van der Waals surface area contributed by atoms with E-state index in [1.54, 1.807) is 24.3 Å². The van der Waals surface area contributed by atoms with Crippen molar-refractivity contribution < 1.29 is 42.9 Å². The molecule has 0 heterocycles. The molecule has 0 bridgehead atoms. The first kappa shape index (κ1) is 30.0. The Kier molecular flexibility index (Phi) is 12.3. The van der Waals surface area contributed by atoms with Gasteiger partial charge in [-0.2, -0.15) is 0 Å². The summed E-state index contributed by atoms with van der Waals surface area (Å²) in [6.45, 7) is -0.581. The predicted octanol–water partition coefficient (Wildman–Crippen LogP) is 2.77. The van der Waals surface area contributed by atoms with Crippen molar-refractivity contribution in [1.82, 2.24) is 5.32 Å². The molecule has 0 unspecified atom stereocenters. The topological polar surface area (TPSA) is 126 Å². The molecule has 0 fully saturated rings. The molecule has 0 spiro atoms. The van der Waals surface area contributed by atoms with Crippen LogP contribution in [0.5, 0.6) is 5.75 Å². The Morgan fingerprint density at radius 2 is 1.25 bits per heavy atom. The van der Waals surface area contributed by atoms with E-state index in [0.717, 1.165) is 11.1 Å². The molecule has 40 heavy (non-hydrogen) atoms. The zero-order chi connectivity index (χ0) is 28.6. The van der Waals surface area contributed by atoms with Crippen LogP contribution < -0.4 is 10.1 Å². The fraction of sp³-hybridized carbons (Fsp3) is 0.267. The van der Waals surface area contributed by atoms with E-state index in [1.807, 2.05) is 60.7 Å². The first-order valence-electron chi connectivity index (χ1n) is 12.5. The number of esters is 3. The number of hydrogen-bond acceptors (Lipinski definition) is 9. The Morgan fingerprint density at radius 1 is 0.675 bits per heavy atom. The molecule has 1 atom stereocenters. The van der Waals surface area contributed by atoms with Crippen molar-refractivity contribution >= 4 is 23.8 Å². The Bertz CT molecular complexity index is 1230. The number of ether oxygens (including phenoxy) is 5. The molecule has 0 aliphatic carbocycles. The standard InChI is InChI=1S/C30H31NO9/c1-36-28(33)21-39-30(35)26(31-27(32)19-37-17-23-8-4-2-5-9-23)16-22-12-14-25(15-13-22)40-29(34)20-38-18-24-10-6-3-7-11-24/h2-15,26H,16-21H2,1H3,(H,31,32)/t26-/m0/s1. The summed E-state index contributed by atoms with van der Waals surface area (Å²) < 4.78 is 25.6. The monoisotopic (exact) mass is 549 g/mol. The minimum absolute atomic E-state index is 0.0544. The number of nitrogens with one attached hydrogen (secondary N) is 1. The molecule has 0 aliphatic rings. The molecule has 1 N–H and O–H groups in total. The van der Waals surface area contributed by atoms with E-state index in [-0.39, 0.29) is 32.8 Å². The van der Waals surface area contributed by atoms with Gasteiger partial charge in [-0.15, -0.1) is 0 Å². The maximum atomic E-state index is 12.6. The highest BCUT2D eigenvalue weighted by atomic mass is 16.6. The fourth-order valence-electron chi connectivity index (χ4n) is 3.47. The second-order valence-corrected chi connectivity index (χ2v) is 8.58. The van der Waals surface area contributed by atoms with E-state index in [4.69, 9.17) is 18.9 Å². The maximum Gasteiger partial charge on any atom is 0.344 e. The third-order valence-electron chi connectivity index (χ3n) is 5.45. The van der Waals surface area contributed by atoms with E-state index in [9.17, 15) is 19.2 Å². The zero-order valence-electron chi connectivity index (χ0n) is 22.1. The Hall–Kier alpha value is -4.54. The largest absolute Gasteiger partial charge is 0.466 e. The van der Waals surface area contributed by atoms with Gasteiger partial charge in [-0.25, -0.2) is 14.4 Å². The van der Waals surface area contributed by atoms with Crippen LogP contribution in [-0.4, -0.2) is 56.8 Å². The quantitative estimate of drug-likeness (QED) is 0.225. The van der Waals surface area contributed by atoms with E-state index in [1.165, 1.54) is 7.11 Å². The molecule has 210 valence electrons. The molecule has 3 aromatic rings. The number of hydrogen-bond donors (Lipinski definition) is 1. The van der Waals surface area contributed by atoms with Gasteiger partial charge in [0, 0.05) is 6.42 Å². The van der Waals surface area contributed by atoms with Crippen molar-refractivity contribution in [1.29, 1.82) is 0 Å². The second-order valence-electron chi connectivity index (χ2n) is 8.58. The first-order chi connectivity index (χ1) is 19.4. The Balaban J connectivity index is 1.51. The minimum atomic E-state index is -1.10. The number of methoxy groups -OCH3 is 1. The van der Waals surface area contributed by atoms with Gasteiger partial charge in [-0.05, 0) is 28.8 Å². The molecule has 0 radical (unpaired) electrons. The lowest BCUT2D eigenvalue weighted by atomic mass is 10.1. The Labute approximate surface area is 232 Å².